The van der Waals surface area contributed by atoms with E-state index in [1.54, 1.807) is 0 Å². The van der Waals surface area contributed by atoms with Crippen LogP contribution in [0.15, 0.2) is 12.7 Å². The van der Waals surface area contributed by atoms with Crippen LogP contribution in [0.5, 0.6) is 0 Å². The van der Waals surface area contributed by atoms with Crippen LogP contribution in [-0.4, -0.2) is 35.7 Å². The van der Waals surface area contributed by atoms with Gasteiger partial charge in [0.25, 0.3) is 0 Å². The summed E-state index contributed by atoms with van der Waals surface area (Å²) in [4.78, 5) is 21.6. The normalized spacial score (nSPS) is 14.3. The largest absolute Gasteiger partial charge is 0.479 e. The maximum absolute atomic E-state index is 11.0. The van der Waals surface area contributed by atoms with Crippen molar-refractivity contribution in [2.24, 2.45) is 11.5 Å². The van der Waals surface area contributed by atoms with Gasteiger partial charge in [0.1, 0.15) is 6.61 Å². The van der Waals surface area contributed by atoms with E-state index in [1.807, 2.05) is 0 Å². The van der Waals surface area contributed by atoms with Crippen LogP contribution in [0.25, 0.3) is 0 Å². The first-order valence-electron chi connectivity index (χ1n) is 3.49. The predicted octanol–water partition coefficient (Wildman–Crippen LogP) is -1.54. The zero-order chi connectivity index (χ0) is 10.5. The van der Waals surface area contributed by atoms with Crippen LogP contribution >= 0.6 is 0 Å². The Bertz CT molecular complexity index is 229. The highest BCUT2D eigenvalue weighted by molar-refractivity contribution is 6.04. The Morgan fingerprint density at radius 1 is 1.62 bits per heavy atom. The summed E-state index contributed by atoms with van der Waals surface area (Å²) in [6.07, 6.45) is 1.30. The molecule has 0 aromatic carbocycles. The number of aliphatic carboxylic acids is 1. The lowest BCUT2D eigenvalue weighted by atomic mass is 10.0. The van der Waals surface area contributed by atoms with Gasteiger partial charge in [0.15, 0.2) is 0 Å². The van der Waals surface area contributed by atoms with Crippen LogP contribution < -0.4 is 11.5 Å². The molecule has 1 atom stereocenters. The van der Waals surface area contributed by atoms with Crippen LogP contribution in [0.4, 0.5) is 0 Å². The van der Waals surface area contributed by atoms with E-state index >= 15 is 0 Å². The maximum atomic E-state index is 11.0. The van der Waals surface area contributed by atoms with E-state index in [4.69, 9.17) is 16.6 Å². The van der Waals surface area contributed by atoms with Crippen molar-refractivity contribution in [3.8, 4) is 0 Å². The molecule has 13 heavy (non-hydrogen) atoms. The summed E-state index contributed by atoms with van der Waals surface area (Å²) in [5.74, 6) is -2.58. The third-order valence-corrected chi connectivity index (χ3v) is 1.40. The highest BCUT2D eigenvalue weighted by atomic mass is 16.5. The molecule has 0 bridgehead atoms. The molecule has 0 amide bonds. The Balaban J connectivity index is 4.47. The number of carboxylic acids is 1. The Morgan fingerprint density at radius 2 is 2.15 bits per heavy atom. The van der Waals surface area contributed by atoms with Gasteiger partial charge in [-0.15, -0.1) is 0 Å². The number of carboxylic acid groups (broad SMARTS) is 1. The van der Waals surface area contributed by atoms with Gasteiger partial charge in [0.2, 0.25) is 5.54 Å². The van der Waals surface area contributed by atoms with E-state index in [1.165, 1.54) is 6.08 Å². The number of hydrogen-bond donors (Lipinski definition) is 3. The van der Waals surface area contributed by atoms with Crippen LogP contribution in [0, 0.1) is 0 Å². The van der Waals surface area contributed by atoms with Crippen molar-refractivity contribution in [1.82, 2.24) is 0 Å². The fourth-order valence-electron chi connectivity index (χ4n) is 0.521. The van der Waals surface area contributed by atoms with Gasteiger partial charge < -0.3 is 21.3 Å². The van der Waals surface area contributed by atoms with E-state index in [0.717, 1.165) is 0 Å². The summed E-state index contributed by atoms with van der Waals surface area (Å²) in [7, 11) is 0. The molecule has 0 aromatic rings. The van der Waals surface area contributed by atoms with Crippen molar-refractivity contribution in [3.63, 3.8) is 0 Å². The van der Waals surface area contributed by atoms with Gasteiger partial charge in [0.05, 0.1) is 0 Å². The second-order valence-electron chi connectivity index (χ2n) is 2.37. The van der Waals surface area contributed by atoms with Gasteiger partial charge in [-0.1, -0.05) is 12.7 Å². The molecule has 0 fully saturated rings. The molecule has 74 valence electrons. The van der Waals surface area contributed by atoms with E-state index in [2.05, 4.69) is 11.3 Å². The summed E-state index contributed by atoms with van der Waals surface area (Å²) in [6.45, 7) is 2.68. The zero-order valence-corrected chi connectivity index (χ0v) is 7.03. The molecule has 0 rings (SSSR count). The first-order chi connectivity index (χ1) is 5.99. The topological polar surface area (TPSA) is 116 Å². The highest BCUT2D eigenvalue weighted by Gasteiger charge is 2.42. The van der Waals surface area contributed by atoms with Gasteiger partial charge in [-0.3, -0.25) is 0 Å². The SMILES string of the molecule is C=CCOC(=O)C(N)(CN)C(=O)O. The quantitative estimate of drug-likeness (QED) is 0.273. The molecule has 1 unspecified atom stereocenters. The second kappa shape index (κ2) is 4.58. The number of esters is 1. The standard InChI is InChI=1S/C7H12N2O4/c1-2-3-13-6(12)7(9,4-8)5(10)11/h2H,1,3-4,8-9H2,(H,10,11). The average Bonchev–Trinajstić information content (AvgIpc) is 2.12. The fourth-order valence-corrected chi connectivity index (χ4v) is 0.521. The van der Waals surface area contributed by atoms with Crippen molar-refractivity contribution in [3.05, 3.63) is 12.7 Å². The van der Waals surface area contributed by atoms with Crippen LogP contribution in [0.1, 0.15) is 0 Å². The molecule has 6 heteroatoms. The average molecular weight is 188 g/mol. The molecule has 0 aliphatic heterocycles. The fraction of sp³-hybridized carbons (Fsp3) is 0.429. The summed E-state index contributed by atoms with van der Waals surface area (Å²) >= 11 is 0. The molecule has 0 saturated heterocycles. The second-order valence-corrected chi connectivity index (χ2v) is 2.37. The van der Waals surface area contributed by atoms with E-state index in [0.29, 0.717) is 0 Å². The van der Waals surface area contributed by atoms with Crippen molar-refractivity contribution in [2.45, 2.75) is 5.54 Å². The summed E-state index contributed by atoms with van der Waals surface area (Å²) < 4.78 is 4.47. The van der Waals surface area contributed by atoms with E-state index in [-0.39, 0.29) is 6.61 Å². The molecule has 0 saturated carbocycles. The lowest BCUT2D eigenvalue weighted by molar-refractivity contribution is -0.159. The number of ether oxygens (including phenoxy) is 1. The van der Waals surface area contributed by atoms with E-state index in [9.17, 15) is 9.59 Å². The molecular formula is C7H12N2O4. The van der Waals surface area contributed by atoms with Crippen LogP contribution in [-0.2, 0) is 14.3 Å². The van der Waals surface area contributed by atoms with Crippen molar-refractivity contribution in [2.75, 3.05) is 13.2 Å². The monoisotopic (exact) mass is 188 g/mol. The zero-order valence-electron chi connectivity index (χ0n) is 7.03. The molecule has 0 aromatic heterocycles. The minimum Gasteiger partial charge on any atom is -0.479 e. The molecule has 0 aliphatic carbocycles. The van der Waals surface area contributed by atoms with Crippen molar-refractivity contribution in [1.29, 1.82) is 0 Å². The number of carbonyl (C=O) groups is 2. The molecule has 6 nitrogen and oxygen atoms in total. The Labute approximate surface area is 75.1 Å². The number of nitrogens with two attached hydrogens (primary N) is 2. The molecular weight excluding hydrogens is 176 g/mol. The highest BCUT2D eigenvalue weighted by Crippen LogP contribution is 2.01. The third-order valence-electron chi connectivity index (χ3n) is 1.40. The number of carbonyl (C=O) groups excluding carboxylic acids is 1. The van der Waals surface area contributed by atoms with Gasteiger partial charge >= 0.3 is 11.9 Å². The minimum absolute atomic E-state index is 0.0922. The Morgan fingerprint density at radius 3 is 2.46 bits per heavy atom. The Kier molecular flexibility index (Phi) is 4.09. The third kappa shape index (κ3) is 2.53. The lowest BCUT2D eigenvalue weighted by Gasteiger charge is -2.19. The lowest BCUT2D eigenvalue weighted by Crippen LogP contribution is -2.60. The summed E-state index contributed by atoms with van der Waals surface area (Å²) in [5, 5.41) is 8.57. The van der Waals surface area contributed by atoms with Crippen LogP contribution in [0.2, 0.25) is 0 Å². The molecule has 0 spiro atoms. The maximum Gasteiger partial charge on any atom is 0.339 e. The number of hydrogen-bond acceptors (Lipinski definition) is 5. The molecule has 0 aliphatic rings. The molecule has 0 heterocycles. The van der Waals surface area contributed by atoms with Gasteiger partial charge in [-0.2, -0.15) is 0 Å². The van der Waals surface area contributed by atoms with Crippen molar-refractivity contribution >= 4 is 11.9 Å². The van der Waals surface area contributed by atoms with Crippen molar-refractivity contribution < 1.29 is 19.4 Å². The Hall–Kier alpha value is -1.40. The smallest absolute Gasteiger partial charge is 0.339 e. The summed E-state index contributed by atoms with van der Waals surface area (Å²) in [5.41, 5.74) is 8.08. The summed E-state index contributed by atoms with van der Waals surface area (Å²) in [6, 6.07) is 0. The molecule has 0 radical (unpaired) electrons. The minimum atomic E-state index is -2.16. The van der Waals surface area contributed by atoms with Gasteiger partial charge in [-0.05, 0) is 0 Å². The van der Waals surface area contributed by atoms with E-state index < -0.39 is 24.0 Å². The van der Waals surface area contributed by atoms with Crippen LogP contribution in [0.3, 0.4) is 0 Å². The first-order valence-corrected chi connectivity index (χ1v) is 3.49. The first kappa shape index (κ1) is 11.6. The predicted molar refractivity (Wildman–Crippen MR) is 44.8 cm³/mol. The molecule has 5 N–H and O–H groups in total. The van der Waals surface area contributed by atoms with Gasteiger partial charge in [-0.25, -0.2) is 9.59 Å². The van der Waals surface area contributed by atoms with Gasteiger partial charge in [0, 0.05) is 6.54 Å². The number of rotatable bonds is 5.